The van der Waals surface area contributed by atoms with E-state index in [2.05, 4.69) is 0 Å². The number of aryl methyl sites for hydroxylation is 2. The normalized spacial score (nSPS) is 9.83. The summed E-state index contributed by atoms with van der Waals surface area (Å²) in [6.07, 6.45) is 2.33. The van der Waals surface area contributed by atoms with Crippen LogP contribution in [0.5, 0.6) is 0 Å². The Morgan fingerprint density at radius 2 is 2.25 bits per heavy atom. The number of carbonyl (C=O) groups excluding carboxylic acids is 1. The molecular formula is C10H11ClO. The summed E-state index contributed by atoms with van der Waals surface area (Å²) in [5.74, 6) is 0. The summed E-state index contributed by atoms with van der Waals surface area (Å²) in [5.41, 5.74) is 2.24. The average Bonchev–Trinajstić information content (AvgIpc) is 2.07. The van der Waals surface area contributed by atoms with Crippen LogP contribution >= 0.6 is 11.6 Å². The molecule has 0 amide bonds. The average molecular weight is 183 g/mol. The number of aldehydes is 1. The van der Waals surface area contributed by atoms with E-state index in [9.17, 15) is 4.79 Å². The molecule has 0 aromatic heterocycles. The number of rotatable bonds is 3. The second kappa shape index (κ2) is 4.27. The maximum Gasteiger partial charge on any atom is 0.120 e. The van der Waals surface area contributed by atoms with E-state index in [1.54, 1.807) is 0 Å². The van der Waals surface area contributed by atoms with Crippen LogP contribution in [0.15, 0.2) is 18.2 Å². The maximum absolute atomic E-state index is 10.1. The van der Waals surface area contributed by atoms with E-state index in [4.69, 9.17) is 11.6 Å². The lowest BCUT2D eigenvalue weighted by atomic mass is 10.1. The molecule has 0 aliphatic carbocycles. The Morgan fingerprint density at radius 3 is 2.83 bits per heavy atom. The van der Waals surface area contributed by atoms with Gasteiger partial charge >= 0.3 is 0 Å². The van der Waals surface area contributed by atoms with Gasteiger partial charge in [0, 0.05) is 11.4 Å². The third-order valence-electron chi connectivity index (χ3n) is 1.77. The van der Waals surface area contributed by atoms with Crippen LogP contribution < -0.4 is 0 Å². The topological polar surface area (TPSA) is 17.1 Å². The van der Waals surface area contributed by atoms with Crippen LogP contribution in [0.4, 0.5) is 0 Å². The second-order valence-electron chi connectivity index (χ2n) is 2.79. The van der Waals surface area contributed by atoms with Crippen molar-refractivity contribution in [2.75, 3.05) is 0 Å². The summed E-state index contributed by atoms with van der Waals surface area (Å²) >= 11 is 5.85. The van der Waals surface area contributed by atoms with Crippen molar-refractivity contribution in [3.05, 3.63) is 34.3 Å². The predicted octanol–water partition coefficient (Wildman–Crippen LogP) is 2.78. The zero-order chi connectivity index (χ0) is 8.97. The molecule has 0 aliphatic heterocycles. The summed E-state index contributed by atoms with van der Waals surface area (Å²) in [6.45, 7) is 1.97. The molecular weight excluding hydrogens is 172 g/mol. The van der Waals surface area contributed by atoms with Crippen molar-refractivity contribution in [3.63, 3.8) is 0 Å². The molecule has 0 heterocycles. The molecule has 1 aromatic rings. The quantitative estimate of drug-likeness (QED) is 0.657. The second-order valence-corrected chi connectivity index (χ2v) is 3.20. The Balaban J connectivity index is 2.75. The van der Waals surface area contributed by atoms with Gasteiger partial charge in [0.15, 0.2) is 0 Å². The molecule has 1 rings (SSSR count). The molecule has 0 radical (unpaired) electrons. The standard InChI is InChI=1S/C10H11ClO/c1-8-7-9(3-2-6-12)4-5-10(8)11/h4-7H,2-3H2,1H3. The van der Waals surface area contributed by atoms with Crippen LogP contribution in [-0.4, -0.2) is 6.29 Å². The van der Waals surface area contributed by atoms with Gasteiger partial charge < -0.3 is 4.79 Å². The van der Waals surface area contributed by atoms with Crippen molar-refractivity contribution in [1.29, 1.82) is 0 Å². The fourth-order valence-corrected chi connectivity index (χ4v) is 1.21. The first-order valence-corrected chi connectivity index (χ1v) is 4.30. The van der Waals surface area contributed by atoms with Crippen molar-refractivity contribution in [2.45, 2.75) is 19.8 Å². The van der Waals surface area contributed by atoms with Gasteiger partial charge in [-0.25, -0.2) is 0 Å². The third kappa shape index (κ3) is 2.35. The molecule has 0 aliphatic rings. The first-order valence-electron chi connectivity index (χ1n) is 3.92. The number of hydrogen-bond acceptors (Lipinski definition) is 1. The molecule has 0 fully saturated rings. The summed E-state index contributed by atoms with van der Waals surface area (Å²) in [5, 5.41) is 0.782. The van der Waals surface area contributed by atoms with Crippen molar-refractivity contribution in [3.8, 4) is 0 Å². The van der Waals surface area contributed by atoms with Gasteiger partial charge in [0.2, 0.25) is 0 Å². The molecule has 0 saturated heterocycles. The van der Waals surface area contributed by atoms with Crippen molar-refractivity contribution in [2.24, 2.45) is 0 Å². The Kier molecular flexibility index (Phi) is 3.30. The Morgan fingerprint density at radius 1 is 1.50 bits per heavy atom. The SMILES string of the molecule is Cc1cc(CCC=O)ccc1Cl. The van der Waals surface area contributed by atoms with Crippen molar-refractivity contribution < 1.29 is 4.79 Å². The zero-order valence-electron chi connectivity index (χ0n) is 7.01. The molecule has 0 bridgehead atoms. The van der Waals surface area contributed by atoms with Gasteiger partial charge in [-0.3, -0.25) is 0 Å². The van der Waals surface area contributed by atoms with E-state index >= 15 is 0 Å². The summed E-state index contributed by atoms with van der Waals surface area (Å²) < 4.78 is 0. The van der Waals surface area contributed by atoms with E-state index in [1.165, 1.54) is 5.56 Å². The molecule has 2 heteroatoms. The fourth-order valence-electron chi connectivity index (χ4n) is 1.09. The van der Waals surface area contributed by atoms with Gasteiger partial charge in [-0.1, -0.05) is 23.7 Å². The van der Waals surface area contributed by atoms with Crippen LogP contribution in [0.2, 0.25) is 5.02 Å². The molecule has 0 atom stereocenters. The largest absolute Gasteiger partial charge is 0.303 e. The predicted molar refractivity (Wildman–Crippen MR) is 50.6 cm³/mol. The highest BCUT2D eigenvalue weighted by molar-refractivity contribution is 6.31. The zero-order valence-corrected chi connectivity index (χ0v) is 7.77. The highest BCUT2D eigenvalue weighted by Crippen LogP contribution is 2.16. The molecule has 0 saturated carbocycles. The van der Waals surface area contributed by atoms with Gasteiger partial charge in [0.1, 0.15) is 6.29 Å². The number of carbonyl (C=O) groups is 1. The number of hydrogen-bond donors (Lipinski definition) is 0. The highest BCUT2D eigenvalue weighted by Gasteiger charge is 1.96. The molecule has 1 nitrogen and oxygen atoms in total. The Labute approximate surface area is 77.4 Å². The van der Waals surface area contributed by atoms with E-state index in [1.807, 2.05) is 25.1 Å². The van der Waals surface area contributed by atoms with Gasteiger partial charge in [0.25, 0.3) is 0 Å². The van der Waals surface area contributed by atoms with E-state index < -0.39 is 0 Å². The van der Waals surface area contributed by atoms with Crippen LogP contribution in [0.3, 0.4) is 0 Å². The molecule has 64 valence electrons. The Bertz CT molecular complexity index is 281. The van der Waals surface area contributed by atoms with Gasteiger partial charge in [-0.15, -0.1) is 0 Å². The van der Waals surface area contributed by atoms with Crippen LogP contribution in [0.1, 0.15) is 17.5 Å². The lowest BCUT2D eigenvalue weighted by Gasteiger charge is -2.01. The molecule has 0 N–H and O–H groups in total. The number of benzene rings is 1. The van der Waals surface area contributed by atoms with Gasteiger partial charge in [-0.2, -0.15) is 0 Å². The number of halogens is 1. The lowest BCUT2D eigenvalue weighted by molar-refractivity contribution is -0.107. The van der Waals surface area contributed by atoms with Gasteiger partial charge in [0.05, 0.1) is 0 Å². The maximum atomic E-state index is 10.1. The fraction of sp³-hybridized carbons (Fsp3) is 0.300. The van der Waals surface area contributed by atoms with Crippen LogP contribution in [0, 0.1) is 6.92 Å². The third-order valence-corrected chi connectivity index (χ3v) is 2.20. The Hall–Kier alpha value is -0.820. The molecule has 0 unspecified atom stereocenters. The highest BCUT2D eigenvalue weighted by atomic mass is 35.5. The summed E-state index contributed by atoms with van der Waals surface area (Å²) in [6, 6.07) is 5.85. The van der Waals surface area contributed by atoms with E-state index in [0.29, 0.717) is 6.42 Å². The van der Waals surface area contributed by atoms with E-state index in [0.717, 1.165) is 23.3 Å². The monoisotopic (exact) mass is 182 g/mol. The van der Waals surface area contributed by atoms with Crippen LogP contribution in [0.25, 0.3) is 0 Å². The summed E-state index contributed by atoms with van der Waals surface area (Å²) in [4.78, 5) is 10.1. The minimum absolute atomic E-state index is 0.584. The summed E-state index contributed by atoms with van der Waals surface area (Å²) in [7, 11) is 0. The van der Waals surface area contributed by atoms with Crippen molar-refractivity contribution >= 4 is 17.9 Å². The smallest absolute Gasteiger partial charge is 0.120 e. The van der Waals surface area contributed by atoms with Crippen molar-refractivity contribution in [1.82, 2.24) is 0 Å². The first kappa shape index (κ1) is 9.27. The minimum Gasteiger partial charge on any atom is -0.303 e. The van der Waals surface area contributed by atoms with Crippen LogP contribution in [-0.2, 0) is 11.2 Å². The minimum atomic E-state index is 0.584. The molecule has 12 heavy (non-hydrogen) atoms. The van der Waals surface area contributed by atoms with Gasteiger partial charge in [-0.05, 0) is 30.5 Å². The lowest BCUT2D eigenvalue weighted by Crippen LogP contribution is -1.87. The van der Waals surface area contributed by atoms with E-state index in [-0.39, 0.29) is 0 Å². The first-order chi connectivity index (χ1) is 5.74. The molecule has 1 aromatic carbocycles. The molecule has 0 spiro atoms.